The molecule has 4 N–H and O–H groups in total. The van der Waals surface area contributed by atoms with Gasteiger partial charge in [0.1, 0.15) is 0 Å². The summed E-state index contributed by atoms with van der Waals surface area (Å²) in [5, 5.41) is 10.1. The number of fused-ring (bicyclic) bond motifs is 4. The van der Waals surface area contributed by atoms with E-state index in [2.05, 4.69) is 150 Å². The number of aryl methyl sites for hydroxylation is 1. The molecule has 0 fully saturated rings. The molecule has 0 bridgehead atoms. The zero-order valence-electron chi connectivity index (χ0n) is 28.5. The van der Waals surface area contributed by atoms with Crippen LogP contribution in [0.5, 0.6) is 0 Å². The van der Waals surface area contributed by atoms with E-state index < -0.39 is 0 Å². The van der Waals surface area contributed by atoms with Crippen LogP contribution in [0.25, 0.3) is 44.8 Å². The Kier molecular flexibility index (Phi) is 8.05. The number of rotatable bonds is 6. The molecule has 4 nitrogen and oxygen atoms in total. The Morgan fingerprint density at radius 3 is 2.31 bits per heavy atom. The first kappa shape index (κ1) is 30.9. The lowest BCUT2D eigenvalue weighted by atomic mass is 9.84. The summed E-state index contributed by atoms with van der Waals surface area (Å²) in [6, 6.07) is 43.4. The van der Waals surface area contributed by atoms with Gasteiger partial charge in [0.25, 0.3) is 0 Å². The summed E-state index contributed by atoms with van der Waals surface area (Å²) in [6.45, 7) is 0. The van der Waals surface area contributed by atoms with Crippen molar-refractivity contribution in [3.63, 3.8) is 0 Å². The lowest BCUT2D eigenvalue weighted by molar-refractivity contribution is 0.491. The van der Waals surface area contributed by atoms with Crippen molar-refractivity contribution in [1.82, 2.24) is 4.98 Å². The first-order chi connectivity index (χ1) is 25.2. The maximum atomic E-state index is 6.36. The van der Waals surface area contributed by atoms with Gasteiger partial charge in [-0.05, 0) is 58.5 Å². The van der Waals surface area contributed by atoms with Crippen LogP contribution in [0, 0.1) is 5.92 Å². The Morgan fingerprint density at radius 1 is 0.725 bits per heavy atom. The van der Waals surface area contributed by atoms with Gasteiger partial charge in [0.15, 0.2) is 0 Å². The van der Waals surface area contributed by atoms with E-state index >= 15 is 0 Å². The van der Waals surface area contributed by atoms with Crippen molar-refractivity contribution < 1.29 is 0 Å². The van der Waals surface area contributed by atoms with Crippen LogP contribution in [0.1, 0.15) is 46.8 Å². The van der Waals surface area contributed by atoms with E-state index in [0.717, 1.165) is 69.2 Å². The molecule has 0 saturated heterocycles. The Labute approximate surface area is 299 Å². The Morgan fingerprint density at radius 2 is 1.51 bits per heavy atom. The average molecular weight is 661 g/mol. The summed E-state index contributed by atoms with van der Waals surface area (Å²) >= 11 is 0. The molecule has 0 radical (unpaired) electrons. The number of aromatic nitrogens is 1. The SMILES string of the molecule is NC=C(c1ccccc1)c1nc(-c2ccccc2)c(-c2cccc(C3C=Cc4ccc5c(c4N3)NC(C3C=CC=CC3)CC5)c2)c2ccccc12. The molecule has 9 rings (SSSR count). The maximum absolute atomic E-state index is 6.36. The van der Waals surface area contributed by atoms with Crippen LogP contribution in [0.3, 0.4) is 0 Å². The van der Waals surface area contributed by atoms with E-state index in [0.29, 0.717) is 12.0 Å². The van der Waals surface area contributed by atoms with Gasteiger partial charge in [-0.25, -0.2) is 4.98 Å². The summed E-state index contributed by atoms with van der Waals surface area (Å²) in [5.74, 6) is 0.517. The molecule has 4 heteroatoms. The number of allylic oxidation sites excluding steroid dienone is 3. The van der Waals surface area contributed by atoms with Crippen LogP contribution >= 0.6 is 0 Å². The van der Waals surface area contributed by atoms with Crippen LogP contribution < -0.4 is 16.4 Å². The highest BCUT2D eigenvalue weighted by Crippen LogP contribution is 2.44. The molecule has 0 amide bonds. The number of anilines is 2. The molecular weight excluding hydrogens is 621 g/mol. The first-order valence-electron chi connectivity index (χ1n) is 18.0. The summed E-state index contributed by atoms with van der Waals surface area (Å²) in [6.07, 6.45) is 18.6. The normalized spacial score (nSPS) is 19.2. The predicted molar refractivity (Wildman–Crippen MR) is 214 cm³/mol. The molecule has 3 heterocycles. The van der Waals surface area contributed by atoms with Crippen LogP contribution in [-0.2, 0) is 6.42 Å². The smallest absolute Gasteiger partial charge is 0.0808 e. The zero-order valence-corrected chi connectivity index (χ0v) is 28.5. The van der Waals surface area contributed by atoms with Crippen LogP contribution in [-0.4, -0.2) is 11.0 Å². The fourth-order valence-electron chi connectivity index (χ4n) is 8.10. The molecule has 248 valence electrons. The van der Waals surface area contributed by atoms with Crippen LogP contribution in [0.2, 0.25) is 0 Å². The molecule has 1 aromatic heterocycles. The van der Waals surface area contributed by atoms with Crippen molar-refractivity contribution in [2.45, 2.75) is 31.3 Å². The van der Waals surface area contributed by atoms with Crippen molar-refractivity contribution in [2.24, 2.45) is 11.7 Å². The van der Waals surface area contributed by atoms with Crippen molar-refractivity contribution in [3.8, 4) is 22.4 Å². The number of pyridine rings is 1. The lowest BCUT2D eigenvalue weighted by Gasteiger charge is -2.35. The predicted octanol–water partition coefficient (Wildman–Crippen LogP) is 11.0. The third-order valence-corrected chi connectivity index (χ3v) is 10.7. The highest BCUT2D eigenvalue weighted by Gasteiger charge is 2.29. The molecule has 3 unspecified atom stereocenters. The van der Waals surface area contributed by atoms with Gasteiger partial charge >= 0.3 is 0 Å². The summed E-state index contributed by atoms with van der Waals surface area (Å²) < 4.78 is 0. The van der Waals surface area contributed by atoms with Crippen molar-refractivity contribution in [2.75, 3.05) is 10.6 Å². The minimum Gasteiger partial charge on any atom is -0.404 e. The quantitative estimate of drug-likeness (QED) is 0.166. The van der Waals surface area contributed by atoms with E-state index in [1.165, 1.54) is 28.1 Å². The number of nitrogens with two attached hydrogens (primary N) is 1. The molecule has 2 aliphatic heterocycles. The molecule has 0 spiro atoms. The summed E-state index contributed by atoms with van der Waals surface area (Å²) in [4.78, 5) is 5.47. The largest absolute Gasteiger partial charge is 0.404 e. The maximum Gasteiger partial charge on any atom is 0.0808 e. The number of hydrogen-bond acceptors (Lipinski definition) is 4. The lowest BCUT2D eigenvalue weighted by Crippen LogP contribution is -2.33. The fourth-order valence-corrected chi connectivity index (χ4v) is 8.10. The third kappa shape index (κ3) is 5.73. The standard InChI is InChI=1S/C47H40N4/c48-30-40(31-13-4-1-5-14-31)47-39-22-11-10-21-38(39)43(44(51-47)33-17-8-3-9-18-33)37-20-12-19-36(29-37)42-28-26-35-24-23-34-25-27-41(32-15-6-2-7-16-32)49-45(34)46(35)50-42/h1-15,17-24,26,28-30,32,41-42,49-50H,16,25,27,48H2. The molecule has 3 aliphatic rings. The Bertz CT molecular complexity index is 2370. The topological polar surface area (TPSA) is 63.0 Å². The van der Waals surface area contributed by atoms with E-state index in [4.69, 9.17) is 10.7 Å². The first-order valence-corrected chi connectivity index (χ1v) is 18.0. The zero-order chi connectivity index (χ0) is 34.1. The molecule has 3 atom stereocenters. The molecular formula is C47H40N4. The highest BCUT2D eigenvalue weighted by molar-refractivity contribution is 6.07. The van der Waals surface area contributed by atoms with Gasteiger partial charge < -0.3 is 16.4 Å². The van der Waals surface area contributed by atoms with Gasteiger partial charge in [0, 0.05) is 40.2 Å². The van der Waals surface area contributed by atoms with Crippen molar-refractivity contribution >= 4 is 33.8 Å². The molecule has 51 heavy (non-hydrogen) atoms. The monoisotopic (exact) mass is 660 g/mol. The Balaban J connectivity index is 1.14. The van der Waals surface area contributed by atoms with Gasteiger partial charge in [-0.15, -0.1) is 0 Å². The molecule has 5 aromatic carbocycles. The second kappa shape index (κ2) is 13.3. The minimum absolute atomic E-state index is 0.0205. The number of benzene rings is 5. The second-order valence-corrected chi connectivity index (χ2v) is 13.7. The van der Waals surface area contributed by atoms with Gasteiger partial charge in [-0.1, -0.05) is 152 Å². The highest BCUT2D eigenvalue weighted by atomic mass is 15.0. The molecule has 6 aromatic rings. The second-order valence-electron chi connectivity index (χ2n) is 13.7. The molecule has 1 aliphatic carbocycles. The van der Waals surface area contributed by atoms with E-state index in [1.807, 2.05) is 18.2 Å². The summed E-state index contributed by atoms with van der Waals surface area (Å²) in [7, 11) is 0. The molecule has 0 saturated carbocycles. The minimum atomic E-state index is 0.0205. The Hall–Kier alpha value is -6.13. The van der Waals surface area contributed by atoms with E-state index in [1.54, 1.807) is 6.20 Å². The average Bonchev–Trinajstić information content (AvgIpc) is 3.21. The van der Waals surface area contributed by atoms with Gasteiger partial charge in [0.2, 0.25) is 0 Å². The van der Waals surface area contributed by atoms with E-state index in [9.17, 15) is 0 Å². The number of nitrogens with zero attached hydrogens (tertiary/aromatic N) is 1. The van der Waals surface area contributed by atoms with Crippen molar-refractivity contribution in [3.05, 3.63) is 186 Å². The van der Waals surface area contributed by atoms with Gasteiger partial charge in [0.05, 0.1) is 28.8 Å². The fraction of sp³-hybridized carbons (Fsp3) is 0.128. The van der Waals surface area contributed by atoms with Crippen LogP contribution in [0.4, 0.5) is 11.4 Å². The number of hydrogen-bond donors (Lipinski definition) is 3. The van der Waals surface area contributed by atoms with Crippen molar-refractivity contribution in [1.29, 1.82) is 0 Å². The van der Waals surface area contributed by atoms with Gasteiger partial charge in [-0.2, -0.15) is 0 Å². The number of nitrogens with one attached hydrogen (secondary N) is 2. The third-order valence-electron chi connectivity index (χ3n) is 10.7. The summed E-state index contributed by atoms with van der Waals surface area (Å²) in [5.41, 5.74) is 19.7. The van der Waals surface area contributed by atoms with Gasteiger partial charge in [-0.3, -0.25) is 0 Å². The van der Waals surface area contributed by atoms with E-state index in [-0.39, 0.29) is 6.04 Å². The van der Waals surface area contributed by atoms with Crippen LogP contribution in [0.15, 0.2) is 158 Å².